The number of hydrogen-bond donors (Lipinski definition) is 4. The summed E-state index contributed by atoms with van der Waals surface area (Å²) in [5.74, 6) is 0.176. The molecule has 10 atom stereocenters. The van der Waals surface area contributed by atoms with Crippen molar-refractivity contribution in [1.29, 1.82) is 0 Å². The number of nitrogens with zero attached hydrogens (tertiary/aromatic N) is 1. The number of nitrogens with one attached hydrogen (secondary N) is 3. The van der Waals surface area contributed by atoms with Gasteiger partial charge in [0.15, 0.2) is 5.78 Å². The van der Waals surface area contributed by atoms with Crippen molar-refractivity contribution in [1.82, 2.24) is 20.7 Å². The number of ketones is 1. The van der Waals surface area contributed by atoms with Gasteiger partial charge in [0, 0.05) is 52.0 Å². The molecule has 324 valence electrons. The summed E-state index contributed by atoms with van der Waals surface area (Å²) in [6.45, 7) is 23.9. The standard InChI is InChI=1S/C50H73N4O5/c1-43(2)26-31(27-44(3,4)54(43)59)52-41(57)36(24-30-29-51-35-15-13-12-14-32(30)35)53-42(58)47(8)21-20-46(7)22-23-49(10)33(34(46)28-47)25-37(55)40-48(9)18-17-39(56)45(5,6)38(48)16-19-50(40,49)11/h12-15,25,29,31,34,36,38-40,51,56H,16-24,26-28H2,1-11H3,(H,52,57)(H,53,58)/q-1/t34-,36?,38-,39-,40+,46+,47-,48-,49+,50+/m0/s1. The highest BCUT2D eigenvalue weighted by atomic mass is 16.5. The molecule has 1 aromatic carbocycles. The zero-order valence-electron chi connectivity index (χ0n) is 37.9. The van der Waals surface area contributed by atoms with Crippen molar-refractivity contribution in [3.63, 3.8) is 0 Å². The molecule has 2 aromatic rings. The Kier molecular flexibility index (Phi) is 9.94. The predicted octanol–water partition coefficient (Wildman–Crippen LogP) is 9.17. The summed E-state index contributed by atoms with van der Waals surface area (Å²) in [5, 5.41) is 33.2. The van der Waals surface area contributed by atoms with Crippen LogP contribution < -0.4 is 10.6 Å². The molecule has 2 heterocycles. The lowest BCUT2D eigenvalue weighted by molar-refractivity contribution is -0.202. The lowest BCUT2D eigenvalue weighted by Crippen LogP contribution is -2.66. The number of H-pyrrole nitrogens is 1. The zero-order chi connectivity index (χ0) is 42.9. The van der Waals surface area contributed by atoms with Crippen LogP contribution >= 0.6 is 0 Å². The van der Waals surface area contributed by atoms with E-state index >= 15 is 0 Å². The third-order valence-corrected chi connectivity index (χ3v) is 18.8. The Balaban J connectivity index is 1.09. The second-order valence-corrected chi connectivity index (χ2v) is 23.8. The molecule has 2 amide bonds. The molecule has 0 spiro atoms. The van der Waals surface area contributed by atoms with Crippen LogP contribution in [0.1, 0.15) is 152 Å². The van der Waals surface area contributed by atoms with Gasteiger partial charge in [-0.15, -0.1) is 0 Å². The van der Waals surface area contributed by atoms with Gasteiger partial charge in [-0.2, -0.15) is 0 Å². The second-order valence-electron chi connectivity index (χ2n) is 23.8. The van der Waals surface area contributed by atoms with Crippen LogP contribution in [0.25, 0.3) is 10.9 Å². The zero-order valence-corrected chi connectivity index (χ0v) is 37.9. The third kappa shape index (κ3) is 6.43. The van der Waals surface area contributed by atoms with Crippen molar-refractivity contribution in [3.8, 4) is 0 Å². The van der Waals surface area contributed by atoms with E-state index in [1.807, 2.05) is 58.2 Å². The summed E-state index contributed by atoms with van der Waals surface area (Å²) in [5.41, 5.74) is 0.318. The Labute approximate surface area is 353 Å². The number of allylic oxidation sites excluding steroid dienone is 2. The van der Waals surface area contributed by atoms with Crippen molar-refractivity contribution in [3.05, 3.63) is 52.9 Å². The highest BCUT2D eigenvalue weighted by Gasteiger charge is 2.70. The number of piperidine rings is 1. The number of hydrogen-bond acceptors (Lipinski definition) is 6. The molecule has 4 saturated carbocycles. The van der Waals surface area contributed by atoms with Crippen LogP contribution in [-0.2, 0) is 20.8 Å². The number of rotatable bonds is 6. The molecule has 1 saturated heterocycles. The number of aliphatic hydroxyl groups is 1. The Morgan fingerprint density at radius 1 is 0.881 bits per heavy atom. The fourth-order valence-electron chi connectivity index (χ4n) is 15.1. The molecule has 4 N–H and O–H groups in total. The first-order chi connectivity index (χ1) is 27.3. The van der Waals surface area contributed by atoms with Gasteiger partial charge < -0.3 is 31.0 Å². The van der Waals surface area contributed by atoms with Gasteiger partial charge in [0.05, 0.1) is 6.10 Å². The molecular formula is C50H73N4O5-. The number of aliphatic hydroxyl groups excluding tert-OH is 1. The lowest BCUT2D eigenvalue weighted by Gasteiger charge is -2.70. The molecule has 6 aliphatic rings. The van der Waals surface area contributed by atoms with E-state index in [9.17, 15) is 24.7 Å². The van der Waals surface area contributed by atoms with E-state index in [4.69, 9.17) is 0 Å². The average Bonchev–Trinajstić information content (AvgIpc) is 3.56. The van der Waals surface area contributed by atoms with Gasteiger partial charge in [0.1, 0.15) is 6.04 Å². The Morgan fingerprint density at radius 2 is 1.54 bits per heavy atom. The molecular weight excluding hydrogens is 737 g/mol. The fourth-order valence-corrected chi connectivity index (χ4v) is 15.1. The lowest BCUT2D eigenvalue weighted by atomic mass is 9.33. The van der Waals surface area contributed by atoms with E-state index in [1.165, 1.54) is 10.6 Å². The van der Waals surface area contributed by atoms with Gasteiger partial charge in [-0.05, 0) is 155 Å². The average molecular weight is 810 g/mol. The van der Waals surface area contributed by atoms with Gasteiger partial charge in [-0.1, -0.05) is 72.2 Å². The van der Waals surface area contributed by atoms with Crippen molar-refractivity contribution < 1.29 is 19.5 Å². The summed E-state index contributed by atoms with van der Waals surface area (Å²) in [6.07, 6.45) is 12.9. The van der Waals surface area contributed by atoms with E-state index in [-0.39, 0.29) is 74.6 Å². The van der Waals surface area contributed by atoms with Crippen LogP contribution in [-0.4, -0.2) is 62.0 Å². The number of fused-ring (bicyclic) bond motifs is 8. The van der Waals surface area contributed by atoms with Gasteiger partial charge in [0.25, 0.3) is 0 Å². The quantitative estimate of drug-likeness (QED) is 0.230. The number of carbonyl (C=O) groups excluding carboxylic acids is 3. The number of para-hydroxylation sites is 1. The number of amides is 2. The molecule has 0 bridgehead atoms. The Morgan fingerprint density at radius 3 is 2.24 bits per heavy atom. The van der Waals surface area contributed by atoms with Crippen LogP contribution in [0.15, 0.2) is 42.1 Å². The number of carbonyl (C=O) groups is 3. The second kappa shape index (κ2) is 13.7. The predicted molar refractivity (Wildman–Crippen MR) is 234 cm³/mol. The monoisotopic (exact) mass is 810 g/mol. The number of aromatic amines is 1. The van der Waals surface area contributed by atoms with E-state index < -0.39 is 22.5 Å². The minimum atomic E-state index is -0.815. The van der Waals surface area contributed by atoms with Gasteiger partial charge >= 0.3 is 0 Å². The van der Waals surface area contributed by atoms with Crippen LogP contribution in [0.3, 0.4) is 0 Å². The normalized spacial score (nSPS) is 40.8. The topological polar surface area (TPSA) is 138 Å². The van der Waals surface area contributed by atoms with Crippen LogP contribution in [0.5, 0.6) is 0 Å². The largest absolute Gasteiger partial charge is 0.784 e. The van der Waals surface area contributed by atoms with E-state index in [2.05, 4.69) is 70.2 Å². The molecule has 8 rings (SSSR count). The van der Waals surface area contributed by atoms with Crippen molar-refractivity contribution >= 4 is 28.5 Å². The molecule has 1 unspecified atom stereocenters. The van der Waals surface area contributed by atoms with Crippen LogP contribution in [0, 0.1) is 55.5 Å². The molecule has 5 fully saturated rings. The summed E-state index contributed by atoms with van der Waals surface area (Å²) in [6, 6.07) is 7.01. The maximum absolute atomic E-state index is 15.0. The molecule has 5 aliphatic carbocycles. The molecule has 59 heavy (non-hydrogen) atoms. The van der Waals surface area contributed by atoms with Crippen LogP contribution in [0.2, 0.25) is 0 Å². The van der Waals surface area contributed by atoms with Crippen molar-refractivity contribution in [2.24, 2.45) is 50.2 Å². The first-order valence-electron chi connectivity index (χ1n) is 22.9. The minimum Gasteiger partial charge on any atom is -0.784 e. The molecule has 9 nitrogen and oxygen atoms in total. The SMILES string of the molecule is CC1(C)[C@@H](O)CC[C@]2(C)[C@H]3C(=O)C=C4[C@@H]5C[C@@](C)(C(=O)NC(Cc6c[nH]c7ccccc67)C(=O)NC6CC(C)(C)N([O-])C(C)(C)C6)CC[C@]5(C)CC[C@@]4(C)[C@]3(C)CC[C@@H]12. The highest BCUT2D eigenvalue weighted by Crippen LogP contribution is 2.75. The first kappa shape index (κ1) is 42.7. The molecule has 9 heteroatoms. The first-order valence-corrected chi connectivity index (χ1v) is 22.9. The van der Waals surface area contributed by atoms with Gasteiger partial charge in [-0.25, -0.2) is 0 Å². The summed E-state index contributed by atoms with van der Waals surface area (Å²) in [7, 11) is 0. The summed E-state index contributed by atoms with van der Waals surface area (Å²) < 4.78 is 0. The highest BCUT2D eigenvalue weighted by molar-refractivity contribution is 5.96. The molecule has 1 aromatic heterocycles. The maximum Gasteiger partial charge on any atom is 0.243 e. The fraction of sp³-hybridized carbons (Fsp3) is 0.740. The van der Waals surface area contributed by atoms with Crippen molar-refractivity contribution in [2.45, 2.75) is 182 Å². The molecule has 0 radical (unpaired) electrons. The smallest absolute Gasteiger partial charge is 0.243 e. The number of benzene rings is 1. The Bertz CT molecular complexity index is 2050. The minimum absolute atomic E-state index is 0.0243. The maximum atomic E-state index is 15.0. The van der Waals surface area contributed by atoms with Crippen LogP contribution in [0.4, 0.5) is 0 Å². The third-order valence-electron chi connectivity index (χ3n) is 18.8. The molecule has 1 aliphatic heterocycles. The summed E-state index contributed by atoms with van der Waals surface area (Å²) >= 11 is 0. The number of hydroxylamine groups is 2. The van der Waals surface area contributed by atoms with Gasteiger partial charge in [0.2, 0.25) is 11.8 Å². The van der Waals surface area contributed by atoms with E-state index in [1.54, 1.807) is 0 Å². The summed E-state index contributed by atoms with van der Waals surface area (Å²) in [4.78, 5) is 47.7. The van der Waals surface area contributed by atoms with E-state index in [0.29, 0.717) is 32.1 Å². The van der Waals surface area contributed by atoms with Gasteiger partial charge in [-0.3, -0.25) is 14.4 Å². The Hall–Kier alpha value is -3.01. The van der Waals surface area contributed by atoms with Crippen molar-refractivity contribution in [2.75, 3.05) is 0 Å². The number of aromatic nitrogens is 1. The van der Waals surface area contributed by atoms with E-state index in [0.717, 1.165) is 61.4 Å².